The molecule has 8 heteroatoms. The molecule has 198 valence electrons. The number of aromatic nitrogens is 1. The molecule has 1 atom stereocenters. The third-order valence-electron chi connectivity index (χ3n) is 6.35. The van der Waals surface area contributed by atoms with Crippen molar-refractivity contribution in [3.05, 3.63) is 106 Å². The van der Waals surface area contributed by atoms with Gasteiger partial charge < -0.3 is 14.6 Å². The minimum atomic E-state index is -0.894. The molecule has 1 aliphatic heterocycles. The smallest absolute Gasteiger partial charge is 0.294 e. The van der Waals surface area contributed by atoms with Crippen LogP contribution in [0.4, 0.5) is 5.69 Å². The highest BCUT2D eigenvalue weighted by atomic mass is 32.1. The first kappa shape index (κ1) is 26.2. The molecule has 39 heavy (non-hydrogen) atoms. The number of hydrogen-bond donors (Lipinski definition) is 1. The van der Waals surface area contributed by atoms with Crippen LogP contribution in [0.3, 0.4) is 0 Å². The molecule has 3 aromatic carbocycles. The van der Waals surface area contributed by atoms with Gasteiger partial charge >= 0.3 is 0 Å². The highest BCUT2D eigenvalue weighted by molar-refractivity contribution is 7.17. The van der Waals surface area contributed by atoms with Gasteiger partial charge in [-0.25, -0.2) is 4.98 Å². The van der Waals surface area contributed by atoms with Gasteiger partial charge in [0.05, 0.1) is 35.4 Å². The molecule has 1 N–H and O–H groups in total. The Morgan fingerprint density at radius 2 is 1.72 bits per heavy atom. The molecule has 1 aliphatic rings. The minimum absolute atomic E-state index is 0.00382. The van der Waals surface area contributed by atoms with Crippen molar-refractivity contribution < 1.29 is 24.2 Å². The van der Waals surface area contributed by atoms with Crippen molar-refractivity contribution in [2.24, 2.45) is 0 Å². The molecular formula is C31H28N2O5S. The molecule has 1 aromatic heterocycles. The Morgan fingerprint density at radius 3 is 2.44 bits per heavy atom. The maximum atomic E-state index is 14.1. The van der Waals surface area contributed by atoms with E-state index >= 15 is 0 Å². The van der Waals surface area contributed by atoms with Crippen LogP contribution < -0.4 is 14.4 Å². The molecule has 1 unspecified atom stereocenters. The summed E-state index contributed by atoms with van der Waals surface area (Å²) in [6, 6.07) is 22.9. The summed E-state index contributed by atoms with van der Waals surface area (Å²) in [5, 5.41) is 11.9. The maximum Gasteiger partial charge on any atom is 0.294 e. The van der Waals surface area contributed by atoms with Gasteiger partial charge in [0.15, 0.2) is 5.76 Å². The summed E-state index contributed by atoms with van der Waals surface area (Å²) in [6.45, 7) is 5.61. The second-order valence-corrected chi connectivity index (χ2v) is 10.4. The van der Waals surface area contributed by atoms with Crippen LogP contribution in [-0.4, -0.2) is 35.0 Å². The average Bonchev–Trinajstić information content (AvgIpc) is 3.45. The number of hydrogen-bond acceptors (Lipinski definition) is 7. The van der Waals surface area contributed by atoms with Gasteiger partial charge in [-0.1, -0.05) is 48.5 Å². The highest BCUT2D eigenvalue weighted by Gasteiger charge is 2.45. The largest absolute Gasteiger partial charge is 0.503 e. The summed E-state index contributed by atoms with van der Waals surface area (Å²) in [4.78, 5) is 34.1. The fourth-order valence-corrected chi connectivity index (χ4v) is 5.67. The number of anilines is 1. The lowest BCUT2D eigenvalue weighted by molar-refractivity contribution is -0.117. The Bertz CT molecular complexity index is 1570. The molecule has 0 radical (unpaired) electrons. The van der Waals surface area contributed by atoms with Crippen LogP contribution in [0.2, 0.25) is 0 Å². The normalized spacial score (nSPS) is 15.3. The van der Waals surface area contributed by atoms with Crippen LogP contribution in [0.1, 0.15) is 40.8 Å². The number of rotatable bonds is 8. The van der Waals surface area contributed by atoms with E-state index in [1.165, 1.54) is 23.3 Å². The number of carbonyl (C=O) groups excluding carboxylic acids is 2. The summed E-state index contributed by atoms with van der Waals surface area (Å²) < 4.78 is 11.3. The van der Waals surface area contributed by atoms with Gasteiger partial charge in [0, 0.05) is 17.3 Å². The number of amides is 1. The standard InChI is InChI=1S/C31H28N2O5S/c1-18(2)38-24-15-8-12-21(16-24)26-25(28(35)31(36)33(26)22-13-9-14-23(17-22)37-4)27(34)29-19(3)32-30(39-29)20-10-6-5-7-11-20/h5-18,26,35H,1-4H3. The highest BCUT2D eigenvalue weighted by Crippen LogP contribution is 2.44. The molecule has 0 saturated heterocycles. The number of thiazole rings is 1. The van der Waals surface area contributed by atoms with Gasteiger partial charge in [-0.2, -0.15) is 0 Å². The Morgan fingerprint density at radius 1 is 1.00 bits per heavy atom. The monoisotopic (exact) mass is 540 g/mol. The molecule has 1 amide bonds. The zero-order chi connectivity index (χ0) is 27.7. The van der Waals surface area contributed by atoms with Crippen molar-refractivity contribution in [3.63, 3.8) is 0 Å². The van der Waals surface area contributed by atoms with E-state index in [-0.39, 0.29) is 11.7 Å². The molecule has 0 fully saturated rings. The third-order valence-corrected chi connectivity index (χ3v) is 7.56. The van der Waals surface area contributed by atoms with Crippen molar-refractivity contribution in [1.82, 2.24) is 4.98 Å². The van der Waals surface area contributed by atoms with E-state index in [4.69, 9.17) is 9.47 Å². The summed E-state index contributed by atoms with van der Waals surface area (Å²) in [7, 11) is 1.54. The fourth-order valence-electron chi connectivity index (χ4n) is 4.64. The predicted molar refractivity (Wildman–Crippen MR) is 152 cm³/mol. The molecule has 5 rings (SSSR count). The van der Waals surface area contributed by atoms with Crippen LogP contribution >= 0.6 is 11.3 Å². The van der Waals surface area contributed by atoms with E-state index in [1.807, 2.05) is 62.4 Å². The molecule has 0 bridgehead atoms. The Labute approximate surface area is 231 Å². The molecule has 0 spiro atoms. The first-order valence-electron chi connectivity index (χ1n) is 12.5. The second kappa shape index (κ2) is 10.7. The van der Waals surface area contributed by atoms with E-state index < -0.39 is 23.5 Å². The van der Waals surface area contributed by atoms with Gasteiger partial charge in [-0.3, -0.25) is 14.5 Å². The summed E-state index contributed by atoms with van der Waals surface area (Å²) in [5.41, 5.74) is 2.53. The zero-order valence-electron chi connectivity index (χ0n) is 22.0. The van der Waals surface area contributed by atoms with Gasteiger partial charge in [0.2, 0.25) is 5.78 Å². The first-order chi connectivity index (χ1) is 18.8. The Hall–Kier alpha value is -4.43. The molecule has 0 aliphatic carbocycles. The third kappa shape index (κ3) is 5.03. The molecule has 2 heterocycles. The number of nitrogens with zero attached hydrogens (tertiary/aromatic N) is 2. The van der Waals surface area contributed by atoms with Crippen LogP contribution in [0.15, 0.2) is 90.2 Å². The Kier molecular flexibility index (Phi) is 7.21. The number of aliphatic hydroxyl groups is 1. The SMILES string of the molecule is COc1cccc(N2C(=O)C(O)=C(C(=O)c3sc(-c4ccccc4)nc3C)C2c2cccc(OC(C)C)c2)c1. The molecule has 7 nitrogen and oxygen atoms in total. The number of Topliss-reactive ketones (excluding diaryl/α,β-unsaturated/α-hetero) is 1. The van der Waals surface area contributed by atoms with Gasteiger partial charge in [0.25, 0.3) is 5.91 Å². The topological polar surface area (TPSA) is 89.0 Å². The number of aliphatic hydroxyl groups excluding tert-OH is 1. The molecule has 4 aromatic rings. The predicted octanol–water partition coefficient (Wildman–Crippen LogP) is 6.70. The lowest BCUT2D eigenvalue weighted by atomic mass is 9.94. The number of benzene rings is 3. The average molecular weight is 541 g/mol. The summed E-state index contributed by atoms with van der Waals surface area (Å²) in [6.07, 6.45) is -0.0683. The summed E-state index contributed by atoms with van der Waals surface area (Å²) in [5.74, 6) is -0.557. The number of ketones is 1. The minimum Gasteiger partial charge on any atom is -0.503 e. The zero-order valence-corrected chi connectivity index (χ0v) is 22.9. The molecule has 0 saturated carbocycles. The lowest BCUT2D eigenvalue weighted by Crippen LogP contribution is -2.31. The van der Waals surface area contributed by atoms with E-state index in [2.05, 4.69) is 4.98 Å². The van der Waals surface area contributed by atoms with Gasteiger partial charge in [-0.05, 0) is 50.6 Å². The maximum absolute atomic E-state index is 14.1. The first-order valence-corrected chi connectivity index (χ1v) is 13.3. The van der Waals surface area contributed by atoms with Crippen molar-refractivity contribution >= 4 is 28.7 Å². The van der Waals surface area contributed by atoms with Crippen LogP contribution in [-0.2, 0) is 4.79 Å². The van der Waals surface area contributed by atoms with Crippen LogP contribution in [0.5, 0.6) is 11.5 Å². The number of carbonyl (C=O) groups is 2. The second-order valence-electron chi connectivity index (χ2n) is 9.41. The molecular weight excluding hydrogens is 512 g/mol. The lowest BCUT2D eigenvalue weighted by Gasteiger charge is -2.27. The number of aryl methyl sites for hydroxylation is 1. The summed E-state index contributed by atoms with van der Waals surface area (Å²) >= 11 is 1.24. The Balaban J connectivity index is 1.64. The van der Waals surface area contributed by atoms with Crippen molar-refractivity contribution in [2.45, 2.75) is 32.9 Å². The van der Waals surface area contributed by atoms with Crippen molar-refractivity contribution in [1.29, 1.82) is 0 Å². The van der Waals surface area contributed by atoms with E-state index in [9.17, 15) is 14.7 Å². The number of methoxy groups -OCH3 is 1. The van der Waals surface area contributed by atoms with Crippen LogP contribution in [0.25, 0.3) is 10.6 Å². The van der Waals surface area contributed by atoms with Crippen molar-refractivity contribution in [2.75, 3.05) is 12.0 Å². The fraction of sp³-hybridized carbons (Fsp3) is 0.194. The van der Waals surface area contributed by atoms with E-state index in [0.717, 1.165) is 5.56 Å². The van der Waals surface area contributed by atoms with Gasteiger partial charge in [0.1, 0.15) is 16.5 Å². The quantitative estimate of drug-likeness (QED) is 0.250. The van der Waals surface area contributed by atoms with E-state index in [0.29, 0.717) is 38.3 Å². The van der Waals surface area contributed by atoms with E-state index in [1.54, 1.807) is 37.3 Å². The van der Waals surface area contributed by atoms with Gasteiger partial charge in [-0.15, -0.1) is 11.3 Å². The number of ether oxygens (including phenoxy) is 2. The van der Waals surface area contributed by atoms with Crippen molar-refractivity contribution in [3.8, 4) is 22.1 Å². The van der Waals surface area contributed by atoms with Crippen LogP contribution in [0, 0.1) is 6.92 Å².